The molecule has 0 amide bonds. The number of hydrogen-bond donors (Lipinski definition) is 1. The Bertz CT molecular complexity index is 745. The third-order valence-corrected chi connectivity index (χ3v) is 3.17. The highest BCUT2D eigenvalue weighted by molar-refractivity contribution is 6.30. The van der Waals surface area contributed by atoms with Crippen LogP contribution in [-0.4, -0.2) is 20.2 Å². The van der Waals surface area contributed by atoms with Crippen LogP contribution in [0.1, 0.15) is 5.56 Å². The van der Waals surface area contributed by atoms with Gasteiger partial charge in [-0.25, -0.2) is 9.07 Å². The maximum atomic E-state index is 13.8. The molecule has 21 heavy (non-hydrogen) atoms. The van der Waals surface area contributed by atoms with Gasteiger partial charge in [0.25, 0.3) is 0 Å². The zero-order valence-electron chi connectivity index (χ0n) is 10.9. The third kappa shape index (κ3) is 3.17. The molecule has 1 aromatic heterocycles. The van der Waals surface area contributed by atoms with Crippen molar-refractivity contribution in [3.63, 3.8) is 0 Å². The van der Waals surface area contributed by atoms with Crippen LogP contribution in [0.3, 0.4) is 0 Å². The molecule has 0 spiro atoms. The van der Waals surface area contributed by atoms with Crippen LogP contribution >= 0.6 is 11.6 Å². The first-order valence-corrected chi connectivity index (χ1v) is 6.61. The summed E-state index contributed by atoms with van der Waals surface area (Å²) in [5.41, 5.74) is 2.02. The molecular formula is C14H11ClFN5. The number of nitrogens with zero attached hydrogens (tertiary/aromatic N) is 4. The summed E-state index contributed by atoms with van der Waals surface area (Å²) in [6, 6.07) is 12.0. The summed E-state index contributed by atoms with van der Waals surface area (Å²) in [7, 11) is 0. The number of rotatable bonds is 4. The average molecular weight is 304 g/mol. The minimum absolute atomic E-state index is 0.339. The van der Waals surface area contributed by atoms with Crippen LogP contribution in [0.2, 0.25) is 5.02 Å². The van der Waals surface area contributed by atoms with Crippen molar-refractivity contribution in [3.8, 4) is 5.69 Å². The van der Waals surface area contributed by atoms with Crippen molar-refractivity contribution in [1.29, 1.82) is 0 Å². The van der Waals surface area contributed by atoms with Gasteiger partial charge in [-0.1, -0.05) is 23.7 Å². The lowest BCUT2D eigenvalue weighted by molar-refractivity contribution is 0.629. The SMILES string of the molecule is Fc1ccc(-n2cnnn2)cc1NCc1cccc(Cl)c1. The minimum Gasteiger partial charge on any atom is -0.379 e. The fraction of sp³-hybridized carbons (Fsp3) is 0.0714. The molecule has 0 unspecified atom stereocenters. The zero-order valence-corrected chi connectivity index (χ0v) is 11.6. The highest BCUT2D eigenvalue weighted by Crippen LogP contribution is 2.19. The summed E-state index contributed by atoms with van der Waals surface area (Å²) < 4.78 is 15.3. The normalized spacial score (nSPS) is 10.6. The van der Waals surface area contributed by atoms with Gasteiger partial charge in [0, 0.05) is 11.6 Å². The highest BCUT2D eigenvalue weighted by Gasteiger charge is 2.06. The molecule has 0 aliphatic carbocycles. The molecule has 3 aromatic rings. The molecule has 0 saturated heterocycles. The maximum Gasteiger partial charge on any atom is 0.146 e. The van der Waals surface area contributed by atoms with Gasteiger partial charge in [-0.3, -0.25) is 0 Å². The lowest BCUT2D eigenvalue weighted by Gasteiger charge is -2.09. The molecule has 5 nitrogen and oxygen atoms in total. The standard InChI is InChI=1S/C14H11ClFN5/c15-11-3-1-2-10(6-11)8-17-14-7-12(4-5-13(14)16)21-9-18-19-20-21/h1-7,9,17H,8H2. The largest absolute Gasteiger partial charge is 0.379 e. The molecule has 0 bridgehead atoms. The molecule has 1 heterocycles. The van der Waals surface area contributed by atoms with Gasteiger partial charge >= 0.3 is 0 Å². The van der Waals surface area contributed by atoms with Crippen molar-refractivity contribution in [2.75, 3.05) is 5.32 Å². The molecule has 0 saturated carbocycles. The first kappa shape index (κ1) is 13.5. The third-order valence-electron chi connectivity index (χ3n) is 2.94. The van der Waals surface area contributed by atoms with Gasteiger partial charge < -0.3 is 5.32 Å². The Morgan fingerprint density at radius 1 is 1.19 bits per heavy atom. The molecule has 0 radical (unpaired) electrons. The number of tetrazole rings is 1. The lowest BCUT2D eigenvalue weighted by atomic mass is 10.2. The fourth-order valence-electron chi connectivity index (χ4n) is 1.92. The Balaban J connectivity index is 1.80. The summed E-state index contributed by atoms with van der Waals surface area (Å²) in [5.74, 6) is -0.339. The monoisotopic (exact) mass is 303 g/mol. The van der Waals surface area contributed by atoms with Crippen molar-refractivity contribution in [1.82, 2.24) is 20.2 Å². The van der Waals surface area contributed by atoms with Gasteiger partial charge in [-0.2, -0.15) is 0 Å². The molecule has 106 valence electrons. The fourth-order valence-corrected chi connectivity index (χ4v) is 2.13. The second kappa shape index (κ2) is 5.88. The van der Waals surface area contributed by atoms with E-state index in [1.807, 2.05) is 18.2 Å². The van der Waals surface area contributed by atoms with Crippen molar-refractivity contribution in [2.24, 2.45) is 0 Å². The van der Waals surface area contributed by atoms with Gasteiger partial charge in [-0.05, 0) is 46.3 Å². The van der Waals surface area contributed by atoms with Gasteiger partial charge in [0.15, 0.2) is 0 Å². The van der Waals surface area contributed by atoms with Crippen molar-refractivity contribution >= 4 is 17.3 Å². The quantitative estimate of drug-likeness (QED) is 0.805. The smallest absolute Gasteiger partial charge is 0.146 e. The molecular weight excluding hydrogens is 293 g/mol. The van der Waals surface area contributed by atoms with Crippen LogP contribution in [0.5, 0.6) is 0 Å². The summed E-state index contributed by atoms with van der Waals surface area (Å²) in [6.07, 6.45) is 1.45. The maximum absolute atomic E-state index is 13.8. The first-order valence-electron chi connectivity index (χ1n) is 6.23. The molecule has 0 aliphatic heterocycles. The van der Waals surface area contributed by atoms with Crippen LogP contribution < -0.4 is 5.32 Å². The van der Waals surface area contributed by atoms with Crippen molar-refractivity contribution in [3.05, 3.63) is 65.2 Å². The number of benzene rings is 2. The first-order chi connectivity index (χ1) is 10.2. The predicted octanol–water partition coefficient (Wildman–Crippen LogP) is 3.07. The minimum atomic E-state index is -0.339. The van der Waals surface area contributed by atoms with E-state index in [1.54, 1.807) is 18.2 Å². The highest BCUT2D eigenvalue weighted by atomic mass is 35.5. The molecule has 3 rings (SSSR count). The predicted molar refractivity (Wildman–Crippen MR) is 77.9 cm³/mol. The Morgan fingerprint density at radius 2 is 2.10 bits per heavy atom. The second-order valence-electron chi connectivity index (χ2n) is 4.40. The van der Waals surface area contributed by atoms with Gasteiger partial charge in [0.2, 0.25) is 0 Å². The van der Waals surface area contributed by atoms with E-state index in [2.05, 4.69) is 20.8 Å². The number of aromatic nitrogens is 4. The van der Waals surface area contributed by atoms with Crippen LogP contribution in [0.4, 0.5) is 10.1 Å². The molecule has 0 atom stereocenters. The second-order valence-corrected chi connectivity index (χ2v) is 4.84. The van der Waals surface area contributed by atoms with E-state index >= 15 is 0 Å². The summed E-state index contributed by atoms with van der Waals surface area (Å²) >= 11 is 5.92. The van der Waals surface area contributed by atoms with E-state index in [9.17, 15) is 4.39 Å². The molecule has 7 heteroatoms. The summed E-state index contributed by atoms with van der Waals surface area (Å²) in [6.45, 7) is 0.469. The van der Waals surface area contributed by atoms with E-state index in [1.165, 1.54) is 17.1 Å². The summed E-state index contributed by atoms with van der Waals surface area (Å²) in [4.78, 5) is 0. The van der Waals surface area contributed by atoms with Crippen molar-refractivity contribution < 1.29 is 4.39 Å². The van der Waals surface area contributed by atoms with Crippen LogP contribution in [-0.2, 0) is 6.54 Å². The zero-order chi connectivity index (χ0) is 14.7. The molecule has 2 aromatic carbocycles. The van der Waals surface area contributed by atoms with Crippen molar-refractivity contribution in [2.45, 2.75) is 6.54 Å². The van der Waals surface area contributed by atoms with E-state index < -0.39 is 0 Å². The number of nitrogens with one attached hydrogen (secondary N) is 1. The van der Waals surface area contributed by atoms with E-state index in [0.717, 1.165) is 5.56 Å². The number of hydrogen-bond acceptors (Lipinski definition) is 4. The van der Waals surface area contributed by atoms with E-state index in [0.29, 0.717) is 22.9 Å². The average Bonchev–Trinajstić information content (AvgIpc) is 3.01. The van der Waals surface area contributed by atoms with E-state index in [-0.39, 0.29) is 5.82 Å². The number of halogens is 2. The Morgan fingerprint density at radius 3 is 2.86 bits per heavy atom. The van der Waals surface area contributed by atoms with Crippen LogP contribution in [0.25, 0.3) is 5.69 Å². The molecule has 0 fully saturated rings. The van der Waals surface area contributed by atoms with Crippen LogP contribution in [0, 0.1) is 5.82 Å². The number of anilines is 1. The molecule has 0 aliphatic rings. The van der Waals surface area contributed by atoms with Crippen LogP contribution in [0.15, 0.2) is 48.8 Å². The Kier molecular flexibility index (Phi) is 3.79. The Hall–Kier alpha value is -2.47. The summed E-state index contributed by atoms with van der Waals surface area (Å²) in [5, 5.41) is 14.6. The molecule has 1 N–H and O–H groups in total. The van der Waals surface area contributed by atoms with Gasteiger partial charge in [0.05, 0.1) is 11.4 Å². The Labute approximate surface area is 125 Å². The van der Waals surface area contributed by atoms with Gasteiger partial charge in [-0.15, -0.1) is 5.10 Å². The van der Waals surface area contributed by atoms with E-state index in [4.69, 9.17) is 11.6 Å². The lowest BCUT2D eigenvalue weighted by Crippen LogP contribution is -2.03. The van der Waals surface area contributed by atoms with Gasteiger partial charge in [0.1, 0.15) is 12.1 Å². The topological polar surface area (TPSA) is 55.6 Å².